The summed E-state index contributed by atoms with van der Waals surface area (Å²) in [5.74, 6) is 1.84. The number of carbonyl (C=O) groups is 1. The standard InChI is InChI=1S/C17H25N3O4/c1-22-10-16-19-13-9-20(6-4-15(13)24-16)17(21)11-2-3-14-12(8-11)18-5-7-23-14/h11-12,14,18H,2-10H2,1H3/t11-,12+,14+/m0/s1. The van der Waals surface area contributed by atoms with Crippen LogP contribution in [0.25, 0.3) is 0 Å². The van der Waals surface area contributed by atoms with Gasteiger partial charge in [-0.25, -0.2) is 4.98 Å². The first-order valence-corrected chi connectivity index (χ1v) is 8.84. The zero-order valence-electron chi connectivity index (χ0n) is 14.1. The Bertz CT molecular complexity index is 603. The quantitative estimate of drug-likeness (QED) is 0.883. The molecule has 0 radical (unpaired) electrons. The molecule has 1 aromatic heterocycles. The Hall–Kier alpha value is -1.44. The van der Waals surface area contributed by atoms with Gasteiger partial charge in [0.25, 0.3) is 0 Å². The highest BCUT2D eigenvalue weighted by Gasteiger charge is 2.38. The molecule has 1 aromatic rings. The number of oxazole rings is 1. The first-order chi connectivity index (χ1) is 11.7. The van der Waals surface area contributed by atoms with E-state index in [0.29, 0.717) is 31.6 Å². The SMILES string of the molecule is COCc1nc2c(o1)CCN(C(=O)[C@H]1CC[C@H]3OCCN[C@@H]3C1)C2. The fourth-order valence-corrected chi connectivity index (χ4v) is 4.12. The van der Waals surface area contributed by atoms with E-state index >= 15 is 0 Å². The van der Waals surface area contributed by atoms with Crippen LogP contribution in [0.3, 0.4) is 0 Å². The van der Waals surface area contributed by atoms with Gasteiger partial charge in [-0.2, -0.15) is 0 Å². The summed E-state index contributed by atoms with van der Waals surface area (Å²) in [6, 6.07) is 0.321. The molecule has 132 valence electrons. The van der Waals surface area contributed by atoms with Gasteiger partial charge in [0.15, 0.2) is 0 Å². The number of fused-ring (bicyclic) bond motifs is 2. The van der Waals surface area contributed by atoms with Gasteiger partial charge in [0.05, 0.1) is 19.3 Å². The van der Waals surface area contributed by atoms with Crippen molar-refractivity contribution in [3.8, 4) is 0 Å². The molecule has 3 aliphatic rings. The predicted molar refractivity (Wildman–Crippen MR) is 85.2 cm³/mol. The lowest BCUT2D eigenvalue weighted by Gasteiger charge is -2.40. The largest absolute Gasteiger partial charge is 0.443 e. The summed E-state index contributed by atoms with van der Waals surface area (Å²) in [6.45, 7) is 3.30. The molecule has 0 spiro atoms. The number of methoxy groups -OCH3 is 1. The van der Waals surface area contributed by atoms with Crippen molar-refractivity contribution >= 4 is 5.91 Å². The van der Waals surface area contributed by atoms with Crippen LogP contribution in [0, 0.1) is 5.92 Å². The van der Waals surface area contributed by atoms with Crippen molar-refractivity contribution in [3.05, 3.63) is 17.3 Å². The van der Waals surface area contributed by atoms with Gasteiger partial charge in [0, 0.05) is 38.6 Å². The maximum Gasteiger partial charge on any atom is 0.226 e. The van der Waals surface area contributed by atoms with Crippen LogP contribution in [0.4, 0.5) is 0 Å². The molecule has 2 aliphatic heterocycles. The summed E-state index contributed by atoms with van der Waals surface area (Å²) in [4.78, 5) is 19.4. The topological polar surface area (TPSA) is 76.8 Å². The third-order valence-electron chi connectivity index (χ3n) is 5.33. The fourth-order valence-electron chi connectivity index (χ4n) is 4.12. The van der Waals surface area contributed by atoms with Crippen molar-refractivity contribution in [2.45, 2.75) is 51.0 Å². The first-order valence-electron chi connectivity index (χ1n) is 8.84. The molecule has 1 aliphatic carbocycles. The van der Waals surface area contributed by atoms with Crippen molar-refractivity contribution in [3.63, 3.8) is 0 Å². The monoisotopic (exact) mass is 335 g/mol. The number of nitrogens with zero attached hydrogens (tertiary/aromatic N) is 2. The highest BCUT2D eigenvalue weighted by molar-refractivity contribution is 5.79. The van der Waals surface area contributed by atoms with E-state index in [1.54, 1.807) is 7.11 Å². The molecule has 7 nitrogen and oxygen atoms in total. The van der Waals surface area contributed by atoms with Crippen molar-refractivity contribution in [2.24, 2.45) is 5.92 Å². The molecule has 0 unspecified atom stereocenters. The Balaban J connectivity index is 1.40. The summed E-state index contributed by atoms with van der Waals surface area (Å²) in [5.41, 5.74) is 0.884. The van der Waals surface area contributed by atoms with Gasteiger partial charge in [-0.3, -0.25) is 4.79 Å². The average Bonchev–Trinajstić information content (AvgIpc) is 3.02. The van der Waals surface area contributed by atoms with E-state index in [1.165, 1.54) is 0 Å². The second kappa shape index (κ2) is 6.82. The average molecular weight is 335 g/mol. The van der Waals surface area contributed by atoms with Gasteiger partial charge in [0.2, 0.25) is 11.8 Å². The van der Waals surface area contributed by atoms with Crippen LogP contribution in [-0.4, -0.2) is 54.7 Å². The zero-order valence-corrected chi connectivity index (χ0v) is 14.1. The van der Waals surface area contributed by atoms with Crippen molar-refractivity contribution in [1.82, 2.24) is 15.2 Å². The molecule has 1 saturated carbocycles. The van der Waals surface area contributed by atoms with Gasteiger partial charge in [-0.1, -0.05) is 0 Å². The van der Waals surface area contributed by atoms with Crippen LogP contribution < -0.4 is 5.32 Å². The van der Waals surface area contributed by atoms with Crippen molar-refractivity contribution in [2.75, 3.05) is 26.8 Å². The van der Waals surface area contributed by atoms with Crippen LogP contribution in [-0.2, 0) is 33.8 Å². The van der Waals surface area contributed by atoms with Gasteiger partial charge < -0.3 is 24.1 Å². The molecular formula is C17H25N3O4. The number of amides is 1. The number of morpholine rings is 1. The molecule has 7 heteroatoms. The molecule has 4 rings (SSSR count). The number of hydrogen-bond donors (Lipinski definition) is 1. The Labute approximate surface area is 141 Å². The molecule has 2 fully saturated rings. The highest BCUT2D eigenvalue weighted by atomic mass is 16.5. The fraction of sp³-hybridized carbons (Fsp3) is 0.765. The molecule has 3 atom stereocenters. The third-order valence-corrected chi connectivity index (χ3v) is 5.33. The lowest BCUT2D eigenvalue weighted by molar-refractivity contribution is -0.140. The second-order valence-corrected chi connectivity index (χ2v) is 6.90. The number of aromatic nitrogens is 1. The summed E-state index contributed by atoms with van der Waals surface area (Å²) < 4.78 is 16.6. The minimum Gasteiger partial charge on any atom is -0.443 e. The normalized spacial score (nSPS) is 29.9. The molecule has 0 bridgehead atoms. The van der Waals surface area contributed by atoms with E-state index in [-0.39, 0.29) is 17.9 Å². The molecular weight excluding hydrogens is 310 g/mol. The number of rotatable bonds is 3. The Kier molecular flexibility index (Phi) is 4.56. The van der Waals surface area contributed by atoms with Crippen molar-refractivity contribution < 1.29 is 18.7 Å². The maximum atomic E-state index is 12.9. The summed E-state index contributed by atoms with van der Waals surface area (Å²) >= 11 is 0. The van der Waals surface area contributed by atoms with Crippen LogP contribution >= 0.6 is 0 Å². The molecule has 1 amide bonds. The van der Waals surface area contributed by atoms with Crippen LogP contribution in [0.5, 0.6) is 0 Å². The number of carbonyl (C=O) groups excluding carboxylic acids is 1. The zero-order chi connectivity index (χ0) is 16.5. The minimum absolute atomic E-state index is 0.0901. The van der Waals surface area contributed by atoms with E-state index in [9.17, 15) is 4.79 Å². The van der Waals surface area contributed by atoms with Gasteiger partial charge in [-0.15, -0.1) is 0 Å². The Morgan fingerprint density at radius 3 is 3.25 bits per heavy atom. The minimum atomic E-state index is 0.0901. The van der Waals surface area contributed by atoms with Crippen LogP contribution in [0.15, 0.2) is 4.42 Å². The second-order valence-electron chi connectivity index (χ2n) is 6.90. The van der Waals surface area contributed by atoms with Gasteiger partial charge in [0.1, 0.15) is 18.1 Å². The molecule has 3 heterocycles. The van der Waals surface area contributed by atoms with E-state index in [2.05, 4.69) is 10.3 Å². The smallest absolute Gasteiger partial charge is 0.226 e. The summed E-state index contributed by atoms with van der Waals surface area (Å²) in [6.07, 6.45) is 3.77. The van der Waals surface area contributed by atoms with E-state index in [4.69, 9.17) is 13.9 Å². The molecule has 1 saturated heterocycles. The van der Waals surface area contributed by atoms with E-state index in [0.717, 1.165) is 50.3 Å². The summed E-state index contributed by atoms with van der Waals surface area (Å²) in [5, 5.41) is 3.50. The van der Waals surface area contributed by atoms with Crippen LogP contribution in [0.1, 0.15) is 36.6 Å². The highest BCUT2D eigenvalue weighted by Crippen LogP contribution is 2.31. The predicted octanol–water partition coefficient (Wildman–Crippen LogP) is 0.863. The van der Waals surface area contributed by atoms with E-state index < -0.39 is 0 Å². The van der Waals surface area contributed by atoms with Gasteiger partial charge in [-0.05, 0) is 19.3 Å². The Morgan fingerprint density at radius 2 is 2.38 bits per heavy atom. The van der Waals surface area contributed by atoms with Gasteiger partial charge >= 0.3 is 0 Å². The molecule has 1 N–H and O–H groups in total. The number of hydrogen-bond acceptors (Lipinski definition) is 6. The maximum absolute atomic E-state index is 12.9. The lowest BCUT2D eigenvalue weighted by atomic mass is 9.82. The molecule has 0 aromatic carbocycles. The Morgan fingerprint density at radius 1 is 1.46 bits per heavy atom. The summed E-state index contributed by atoms with van der Waals surface area (Å²) in [7, 11) is 1.62. The van der Waals surface area contributed by atoms with Crippen molar-refractivity contribution in [1.29, 1.82) is 0 Å². The third kappa shape index (κ3) is 3.08. The van der Waals surface area contributed by atoms with E-state index in [1.807, 2.05) is 4.90 Å². The lowest BCUT2D eigenvalue weighted by Crippen LogP contribution is -2.53. The molecule has 24 heavy (non-hydrogen) atoms. The first kappa shape index (κ1) is 16.1. The number of nitrogens with one attached hydrogen (secondary N) is 1. The number of ether oxygens (including phenoxy) is 2. The van der Waals surface area contributed by atoms with Crippen LogP contribution in [0.2, 0.25) is 0 Å².